The van der Waals surface area contributed by atoms with E-state index in [0.29, 0.717) is 19.1 Å². The lowest BCUT2D eigenvalue weighted by Crippen LogP contribution is -2.54. The first-order chi connectivity index (χ1) is 9.20. The molecule has 19 heavy (non-hydrogen) atoms. The van der Waals surface area contributed by atoms with Gasteiger partial charge in [-0.25, -0.2) is 4.79 Å². The number of carbonyl (C=O) groups excluding carboxylic acids is 2. The van der Waals surface area contributed by atoms with Gasteiger partial charge in [-0.05, 0) is 12.8 Å². The molecular formula is C13H22ClN3O2. The number of imide groups is 1. The molecule has 1 aliphatic carbocycles. The first kappa shape index (κ1) is 14.6. The summed E-state index contributed by atoms with van der Waals surface area (Å²) >= 11 is 5.47. The van der Waals surface area contributed by atoms with Crippen LogP contribution in [0.25, 0.3) is 0 Å². The van der Waals surface area contributed by atoms with E-state index in [-0.39, 0.29) is 24.2 Å². The molecule has 1 N–H and O–H groups in total. The lowest BCUT2D eigenvalue weighted by atomic mass is 10.2. The molecule has 0 spiro atoms. The van der Waals surface area contributed by atoms with E-state index in [0.717, 1.165) is 13.1 Å². The standard InChI is InChI=1S/C13H22ClN3O2/c14-6-5-12(18)15-13(19)17-9-7-16(8-10-17)11-3-1-2-4-11/h11H,1-10H2,(H,15,18,19). The molecule has 0 aromatic carbocycles. The molecule has 0 aromatic rings. The average Bonchev–Trinajstić information content (AvgIpc) is 2.93. The minimum absolute atomic E-state index is 0.190. The second-order valence-electron chi connectivity index (χ2n) is 5.25. The van der Waals surface area contributed by atoms with Crippen molar-refractivity contribution in [1.29, 1.82) is 0 Å². The summed E-state index contributed by atoms with van der Waals surface area (Å²) in [4.78, 5) is 27.4. The lowest BCUT2D eigenvalue weighted by molar-refractivity contribution is -0.119. The SMILES string of the molecule is O=C(CCCl)NC(=O)N1CCN(C2CCCC2)CC1. The number of urea groups is 1. The summed E-state index contributed by atoms with van der Waals surface area (Å²) in [6.07, 6.45) is 5.44. The molecule has 3 amide bonds. The summed E-state index contributed by atoms with van der Waals surface area (Å²) < 4.78 is 0. The Balaban J connectivity index is 1.73. The molecule has 2 aliphatic rings. The molecule has 5 nitrogen and oxygen atoms in total. The van der Waals surface area contributed by atoms with E-state index in [1.54, 1.807) is 4.90 Å². The Morgan fingerprint density at radius 2 is 1.74 bits per heavy atom. The minimum atomic E-state index is -0.293. The zero-order valence-electron chi connectivity index (χ0n) is 11.2. The maximum Gasteiger partial charge on any atom is 0.324 e. The number of rotatable bonds is 3. The Morgan fingerprint density at radius 1 is 1.11 bits per heavy atom. The van der Waals surface area contributed by atoms with Crippen molar-refractivity contribution in [3.8, 4) is 0 Å². The summed E-state index contributed by atoms with van der Waals surface area (Å²) in [5.41, 5.74) is 0. The van der Waals surface area contributed by atoms with Gasteiger partial charge in [-0.2, -0.15) is 0 Å². The van der Waals surface area contributed by atoms with Crippen LogP contribution in [0.2, 0.25) is 0 Å². The molecule has 0 unspecified atom stereocenters. The predicted octanol–water partition coefficient (Wildman–Crippen LogP) is 1.41. The van der Waals surface area contributed by atoms with Gasteiger partial charge in [-0.15, -0.1) is 11.6 Å². The van der Waals surface area contributed by atoms with E-state index >= 15 is 0 Å². The highest BCUT2D eigenvalue weighted by molar-refractivity contribution is 6.19. The van der Waals surface area contributed by atoms with E-state index < -0.39 is 0 Å². The highest BCUT2D eigenvalue weighted by Gasteiger charge is 2.28. The Hall–Kier alpha value is -0.810. The molecule has 1 heterocycles. The Bertz CT molecular complexity index is 324. The summed E-state index contributed by atoms with van der Waals surface area (Å²) in [5.74, 6) is -0.0487. The van der Waals surface area contributed by atoms with Crippen LogP contribution in [-0.4, -0.2) is 59.8 Å². The zero-order valence-corrected chi connectivity index (χ0v) is 12.0. The highest BCUT2D eigenvalue weighted by atomic mass is 35.5. The molecule has 0 radical (unpaired) electrons. The monoisotopic (exact) mass is 287 g/mol. The third-order valence-electron chi connectivity index (χ3n) is 4.01. The van der Waals surface area contributed by atoms with Gasteiger partial charge < -0.3 is 4.90 Å². The summed E-state index contributed by atoms with van der Waals surface area (Å²) in [6, 6.07) is 0.435. The fourth-order valence-electron chi connectivity index (χ4n) is 2.91. The van der Waals surface area contributed by atoms with Gasteiger partial charge in [-0.1, -0.05) is 12.8 Å². The third-order valence-corrected chi connectivity index (χ3v) is 4.20. The molecule has 2 fully saturated rings. The number of nitrogens with zero attached hydrogens (tertiary/aromatic N) is 2. The van der Waals surface area contributed by atoms with Crippen LogP contribution < -0.4 is 5.32 Å². The lowest BCUT2D eigenvalue weighted by Gasteiger charge is -2.37. The molecule has 108 valence electrons. The number of hydrogen-bond donors (Lipinski definition) is 1. The van der Waals surface area contributed by atoms with Crippen LogP contribution in [0, 0.1) is 0 Å². The van der Waals surface area contributed by atoms with Gasteiger partial charge in [-0.3, -0.25) is 15.0 Å². The zero-order chi connectivity index (χ0) is 13.7. The van der Waals surface area contributed by atoms with Crippen LogP contribution in [0.5, 0.6) is 0 Å². The third kappa shape index (κ3) is 4.08. The number of nitrogens with one attached hydrogen (secondary N) is 1. The Kier molecular flexibility index (Phi) is 5.45. The average molecular weight is 288 g/mol. The van der Waals surface area contributed by atoms with Crippen molar-refractivity contribution >= 4 is 23.5 Å². The van der Waals surface area contributed by atoms with Crippen LogP contribution in [0.3, 0.4) is 0 Å². The summed E-state index contributed by atoms with van der Waals surface area (Å²) in [6.45, 7) is 3.25. The molecular weight excluding hydrogens is 266 g/mol. The fraction of sp³-hybridized carbons (Fsp3) is 0.846. The van der Waals surface area contributed by atoms with Crippen molar-refractivity contribution in [3.05, 3.63) is 0 Å². The van der Waals surface area contributed by atoms with Gasteiger partial charge in [0, 0.05) is 44.5 Å². The van der Waals surface area contributed by atoms with Crippen LogP contribution >= 0.6 is 11.6 Å². The van der Waals surface area contributed by atoms with E-state index in [1.165, 1.54) is 25.7 Å². The van der Waals surface area contributed by atoms with E-state index in [2.05, 4.69) is 10.2 Å². The van der Waals surface area contributed by atoms with Crippen molar-refractivity contribution in [2.24, 2.45) is 0 Å². The molecule has 1 saturated carbocycles. The van der Waals surface area contributed by atoms with Gasteiger partial charge in [0.15, 0.2) is 0 Å². The first-order valence-corrected chi connectivity index (χ1v) is 7.63. The van der Waals surface area contributed by atoms with Crippen molar-refractivity contribution in [2.75, 3.05) is 32.1 Å². The molecule has 1 aliphatic heterocycles. The minimum Gasteiger partial charge on any atom is -0.322 e. The van der Waals surface area contributed by atoms with E-state index in [9.17, 15) is 9.59 Å². The number of piperazine rings is 1. The van der Waals surface area contributed by atoms with Gasteiger partial charge in [0.2, 0.25) is 5.91 Å². The van der Waals surface area contributed by atoms with Gasteiger partial charge in [0.1, 0.15) is 0 Å². The number of amides is 3. The molecule has 0 atom stereocenters. The molecule has 0 aromatic heterocycles. The highest BCUT2D eigenvalue weighted by Crippen LogP contribution is 2.24. The number of alkyl halides is 1. The van der Waals surface area contributed by atoms with Crippen LogP contribution in [0.1, 0.15) is 32.1 Å². The first-order valence-electron chi connectivity index (χ1n) is 7.09. The Labute approximate surface area is 119 Å². The van der Waals surface area contributed by atoms with Crippen LogP contribution in [0.15, 0.2) is 0 Å². The number of halogens is 1. The summed E-state index contributed by atoms with van der Waals surface area (Å²) in [7, 11) is 0. The van der Waals surface area contributed by atoms with Gasteiger partial charge in [0.05, 0.1) is 0 Å². The molecule has 0 bridgehead atoms. The topological polar surface area (TPSA) is 52.7 Å². The van der Waals surface area contributed by atoms with Crippen LogP contribution in [-0.2, 0) is 4.79 Å². The quantitative estimate of drug-likeness (QED) is 0.799. The van der Waals surface area contributed by atoms with Gasteiger partial charge >= 0.3 is 6.03 Å². The number of hydrogen-bond acceptors (Lipinski definition) is 3. The maximum absolute atomic E-state index is 11.8. The smallest absolute Gasteiger partial charge is 0.322 e. The van der Waals surface area contributed by atoms with Crippen molar-refractivity contribution in [3.63, 3.8) is 0 Å². The van der Waals surface area contributed by atoms with E-state index in [4.69, 9.17) is 11.6 Å². The maximum atomic E-state index is 11.8. The normalized spacial score (nSPS) is 21.6. The predicted molar refractivity (Wildman–Crippen MR) is 74.3 cm³/mol. The second kappa shape index (κ2) is 7.10. The molecule has 6 heteroatoms. The van der Waals surface area contributed by atoms with Crippen molar-refractivity contribution in [1.82, 2.24) is 15.1 Å². The van der Waals surface area contributed by atoms with Crippen molar-refractivity contribution < 1.29 is 9.59 Å². The fourth-order valence-corrected chi connectivity index (χ4v) is 3.08. The van der Waals surface area contributed by atoms with Crippen molar-refractivity contribution in [2.45, 2.75) is 38.1 Å². The van der Waals surface area contributed by atoms with E-state index in [1.807, 2.05) is 0 Å². The Morgan fingerprint density at radius 3 is 2.32 bits per heavy atom. The number of carbonyl (C=O) groups is 2. The molecule has 1 saturated heterocycles. The van der Waals surface area contributed by atoms with Crippen LogP contribution in [0.4, 0.5) is 4.79 Å². The largest absolute Gasteiger partial charge is 0.324 e. The van der Waals surface area contributed by atoms with Gasteiger partial charge in [0.25, 0.3) is 0 Å². The second-order valence-corrected chi connectivity index (χ2v) is 5.63. The summed E-state index contributed by atoms with van der Waals surface area (Å²) in [5, 5.41) is 2.38. The molecule has 2 rings (SSSR count).